The summed E-state index contributed by atoms with van der Waals surface area (Å²) in [5.41, 5.74) is -3.85. The van der Waals surface area contributed by atoms with Crippen LogP contribution in [0.25, 0.3) is 0 Å². The number of benzene rings is 1. The molecule has 3 heterocycles. The van der Waals surface area contributed by atoms with E-state index in [1.165, 1.54) is 12.1 Å². The summed E-state index contributed by atoms with van der Waals surface area (Å²) in [7, 11) is 0. The van der Waals surface area contributed by atoms with Crippen LogP contribution in [-0.2, 0) is 20.5 Å². The second kappa shape index (κ2) is 5.78. The van der Waals surface area contributed by atoms with E-state index in [1.54, 1.807) is 6.92 Å². The lowest BCUT2D eigenvalue weighted by molar-refractivity contribution is -0.138. The Kier molecular flexibility index (Phi) is 3.90. The molecule has 1 aromatic carbocycles. The normalized spacial score (nSPS) is 34.1. The monoisotopic (exact) mass is 394 g/mol. The molecule has 3 aliphatic heterocycles. The van der Waals surface area contributed by atoms with Crippen LogP contribution in [0.4, 0.5) is 18.9 Å². The molecule has 6 nitrogen and oxygen atoms in total. The SMILES string of the molecule is C[C@]12CC[C@](CCO)(O1)[C@@H]1C(=O)N(c3ccc(C#N)c(C(F)(F)F)c3)C(=O)[C@@H]12. The number of nitrogens with zero attached hydrogens (tertiary/aromatic N) is 2. The lowest BCUT2D eigenvalue weighted by atomic mass is 9.67. The van der Waals surface area contributed by atoms with E-state index in [0.717, 1.165) is 11.0 Å². The number of nitriles is 1. The van der Waals surface area contributed by atoms with Gasteiger partial charge in [0.1, 0.15) is 0 Å². The van der Waals surface area contributed by atoms with Gasteiger partial charge in [-0.1, -0.05) is 0 Å². The van der Waals surface area contributed by atoms with Gasteiger partial charge in [0.25, 0.3) is 0 Å². The van der Waals surface area contributed by atoms with E-state index in [1.807, 2.05) is 0 Å². The van der Waals surface area contributed by atoms with E-state index >= 15 is 0 Å². The molecule has 1 aromatic rings. The van der Waals surface area contributed by atoms with Gasteiger partial charge >= 0.3 is 6.18 Å². The van der Waals surface area contributed by atoms with Gasteiger partial charge in [-0.15, -0.1) is 0 Å². The Morgan fingerprint density at radius 3 is 2.57 bits per heavy atom. The largest absolute Gasteiger partial charge is 0.417 e. The number of hydrogen-bond donors (Lipinski definition) is 1. The van der Waals surface area contributed by atoms with Crippen molar-refractivity contribution >= 4 is 17.5 Å². The number of anilines is 1. The lowest BCUT2D eigenvalue weighted by Gasteiger charge is -2.30. The first kappa shape index (κ1) is 18.9. The van der Waals surface area contributed by atoms with Crippen LogP contribution in [0, 0.1) is 23.2 Å². The van der Waals surface area contributed by atoms with E-state index in [2.05, 4.69) is 0 Å². The van der Waals surface area contributed by atoms with Crippen molar-refractivity contribution in [1.82, 2.24) is 0 Å². The van der Waals surface area contributed by atoms with Crippen LogP contribution in [0.15, 0.2) is 18.2 Å². The highest BCUT2D eigenvalue weighted by Gasteiger charge is 2.73. The highest BCUT2D eigenvalue weighted by Crippen LogP contribution is 2.62. The maximum atomic E-state index is 13.3. The molecule has 4 atom stereocenters. The van der Waals surface area contributed by atoms with E-state index in [9.17, 15) is 27.9 Å². The quantitative estimate of drug-likeness (QED) is 0.795. The minimum Gasteiger partial charge on any atom is -0.396 e. The van der Waals surface area contributed by atoms with Crippen molar-refractivity contribution in [2.45, 2.75) is 43.6 Å². The Morgan fingerprint density at radius 1 is 1.29 bits per heavy atom. The van der Waals surface area contributed by atoms with Crippen LogP contribution in [0.2, 0.25) is 0 Å². The third-order valence-corrected chi connectivity index (χ3v) is 6.23. The average Bonchev–Trinajstić information content (AvgIpc) is 3.19. The van der Waals surface area contributed by atoms with E-state index < -0.39 is 52.2 Å². The molecule has 1 N–H and O–H groups in total. The molecule has 4 rings (SSSR count). The fourth-order valence-corrected chi connectivity index (χ4v) is 5.06. The maximum absolute atomic E-state index is 13.3. The van der Waals surface area contributed by atoms with Crippen LogP contribution >= 0.6 is 0 Å². The molecule has 0 unspecified atom stereocenters. The van der Waals surface area contributed by atoms with E-state index in [-0.39, 0.29) is 18.7 Å². The zero-order valence-corrected chi connectivity index (χ0v) is 14.9. The van der Waals surface area contributed by atoms with Gasteiger partial charge in [-0.3, -0.25) is 9.59 Å². The highest BCUT2D eigenvalue weighted by molar-refractivity contribution is 6.23. The standard InChI is InChI=1S/C19H17F3N2O4/c1-17-4-5-18(28-17,6-7-25)14-13(17)15(26)24(16(14)27)11-3-2-10(9-23)12(8-11)19(20,21)22/h2-3,8,13-14,25H,4-7H2,1H3/t13-,14+,17-,18-/m1/s1. The van der Waals surface area contributed by atoms with Gasteiger partial charge in [-0.2, -0.15) is 18.4 Å². The third kappa shape index (κ3) is 2.34. The Bertz CT molecular complexity index is 921. The summed E-state index contributed by atoms with van der Waals surface area (Å²) in [4.78, 5) is 27.0. The van der Waals surface area contributed by atoms with Crippen LogP contribution in [0.3, 0.4) is 0 Å². The number of carbonyl (C=O) groups excluding carboxylic acids is 2. The van der Waals surface area contributed by atoms with Crippen molar-refractivity contribution in [3.05, 3.63) is 29.3 Å². The van der Waals surface area contributed by atoms with Crippen molar-refractivity contribution in [1.29, 1.82) is 5.26 Å². The second-order valence-corrected chi connectivity index (χ2v) is 7.76. The number of aliphatic hydroxyl groups is 1. The number of rotatable bonds is 3. The minimum atomic E-state index is -4.80. The minimum absolute atomic E-state index is 0.178. The Hall–Kier alpha value is -2.44. The fourth-order valence-electron chi connectivity index (χ4n) is 5.06. The predicted molar refractivity (Wildman–Crippen MR) is 88.8 cm³/mol. The third-order valence-electron chi connectivity index (χ3n) is 6.23. The van der Waals surface area contributed by atoms with Crippen molar-refractivity contribution in [2.75, 3.05) is 11.5 Å². The fraction of sp³-hybridized carbons (Fsp3) is 0.526. The second-order valence-electron chi connectivity index (χ2n) is 7.76. The number of hydrogen-bond acceptors (Lipinski definition) is 5. The summed E-state index contributed by atoms with van der Waals surface area (Å²) in [6.45, 7) is 1.50. The van der Waals surface area contributed by atoms with Gasteiger partial charge in [0.05, 0.1) is 45.9 Å². The number of alkyl halides is 3. The van der Waals surface area contributed by atoms with E-state index in [0.29, 0.717) is 18.9 Å². The number of carbonyl (C=O) groups is 2. The van der Waals surface area contributed by atoms with Gasteiger partial charge in [0.15, 0.2) is 0 Å². The molecule has 2 amide bonds. The summed E-state index contributed by atoms with van der Waals surface area (Å²) in [6, 6.07) is 4.28. The van der Waals surface area contributed by atoms with Crippen molar-refractivity contribution in [3.63, 3.8) is 0 Å². The number of halogens is 3. The molecule has 3 saturated heterocycles. The zero-order chi connectivity index (χ0) is 20.5. The summed E-state index contributed by atoms with van der Waals surface area (Å²) < 4.78 is 45.9. The molecule has 28 heavy (non-hydrogen) atoms. The molecule has 3 aliphatic rings. The van der Waals surface area contributed by atoms with Crippen LogP contribution in [0.1, 0.15) is 37.3 Å². The number of imide groups is 1. The molecule has 0 radical (unpaired) electrons. The average molecular weight is 394 g/mol. The molecular weight excluding hydrogens is 377 g/mol. The number of fused-ring (bicyclic) bond motifs is 5. The Labute approximate surface area is 158 Å². The van der Waals surface area contributed by atoms with Crippen molar-refractivity contribution in [2.24, 2.45) is 11.8 Å². The highest BCUT2D eigenvalue weighted by atomic mass is 19.4. The molecule has 148 valence electrons. The molecule has 2 bridgehead atoms. The van der Waals surface area contributed by atoms with Crippen LogP contribution in [-0.4, -0.2) is 34.7 Å². The van der Waals surface area contributed by atoms with Gasteiger partial charge in [0.2, 0.25) is 11.8 Å². The van der Waals surface area contributed by atoms with Gasteiger partial charge in [-0.25, -0.2) is 4.90 Å². The summed E-state index contributed by atoms with van der Waals surface area (Å²) >= 11 is 0. The molecule has 0 aromatic heterocycles. The summed E-state index contributed by atoms with van der Waals surface area (Å²) in [5, 5.41) is 18.4. The van der Waals surface area contributed by atoms with Gasteiger partial charge < -0.3 is 9.84 Å². The Morgan fingerprint density at radius 2 is 1.96 bits per heavy atom. The molecule has 0 spiro atoms. The van der Waals surface area contributed by atoms with Crippen molar-refractivity contribution in [3.8, 4) is 6.07 Å². The number of aliphatic hydroxyl groups excluding tert-OH is 1. The van der Waals surface area contributed by atoms with Crippen LogP contribution < -0.4 is 4.90 Å². The first-order valence-corrected chi connectivity index (χ1v) is 8.88. The summed E-state index contributed by atoms with van der Waals surface area (Å²) in [5.74, 6) is -2.86. The lowest BCUT2D eigenvalue weighted by Crippen LogP contribution is -2.42. The van der Waals surface area contributed by atoms with Gasteiger partial charge in [-0.05, 0) is 38.0 Å². The predicted octanol–water partition coefficient (Wildman–Crippen LogP) is 2.39. The molecule has 0 aliphatic carbocycles. The van der Waals surface area contributed by atoms with Gasteiger partial charge in [0, 0.05) is 13.0 Å². The first-order chi connectivity index (χ1) is 13.1. The summed E-state index contributed by atoms with van der Waals surface area (Å²) in [6.07, 6.45) is -3.59. The molecular formula is C19H17F3N2O4. The molecule has 0 saturated carbocycles. The Balaban J connectivity index is 1.79. The topological polar surface area (TPSA) is 90.6 Å². The number of ether oxygens (including phenoxy) is 1. The molecule has 9 heteroatoms. The van der Waals surface area contributed by atoms with Crippen LogP contribution in [0.5, 0.6) is 0 Å². The molecule has 3 fully saturated rings. The van der Waals surface area contributed by atoms with Crippen molar-refractivity contribution < 1.29 is 32.6 Å². The smallest absolute Gasteiger partial charge is 0.396 e. The maximum Gasteiger partial charge on any atom is 0.417 e. The zero-order valence-electron chi connectivity index (χ0n) is 14.9. The first-order valence-electron chi connectivity index (χ1n) is 8.88. The number of amides is 2. The van der Waals surface area contributed by atoms with E-state index in [4.69, 9.17) is 10.00 Å².